The average molecular weight is 308 g/mol. The molecule has 110 valence electrons. The van der Waals surface area contributed by atoms with Gasteiger partial charge in [-0.1, -0.05) is 29.8 Å². The van der Waals surface area contributed by atoms with Gasteiger partial charge in [-0.25, -0.2) is 4.79 Å². The van der Waals surface area contributed by atoms with Crippen LogP contribution >= 0.6 is 11.6 Å². The van der Waals surface area contributed by atoms with Crippen molar-refractivity contribution in [3.05, 3.63) is 68.0 Å². The van der Waals surface area contributed by atoms with Crippen LogP contribution in [0.1, 0.15) is 5.56 Å². The molecule has 0 atom stereocenters. The van der Waals surface area contributed by atoms with Gasteiger partial charge in [-0.2, -0.15) is 0 Å². The number of nitrogens with zero attached hydrogens (tertiary/aromatic N) is 2. The van der Waals surface area contributed by atoms with Gasteiger partial charge in [0.05, 0.1) is 0 Å². The van der Waals surface area contributed by atoms with Crippen LogP contribution in [0.4, 0.5) is 0 Å². The molecule has 7 heteroatoms. The molecule has 1 heterocycles. The second-order valence-electron chi connectivity index (χ2n) is 4.49. The van der Waals surface area contributed by atoms with Crippen molar-refractivity contribution in [3.8, 4) is 0 Å². The minimum absolute atomic E-state index is 0.155. The van der Waals surface area contributed by atoms with Crippen LogP contribution < -0.4 is 16.6 Å². The lowest BCUT2D eigenvalue weighted by atomic mass is 10.2. The number of carbonyl (C=O) groups excluding carboxylic acids is 1. The SMILES string of the molecule is Cn1c(=O)ccn(CC(=O)NCc2ccccc2Cl)c1=O. The molecule has 0 aliphatic rings. The second-order valence-corrected chi connectivity index (χ2v) is 4.90. The van der Waals surface area contributed by atoms with E-state index in [9.17, 15) is 14.4 Å². The molecule has 0 saturated carbocycles. The van der Waals surface area contributed by atoms with Gasteiger partial charge < -0.3 is 5.32 Å². The van der Waals surface area contributed by atoms with Crippen molar-refractivity contribution in [1.29, 1.82) is 0 Å². The van der Waals surface area contributed by atoms with Crippen LogP contribution in [0.5, 0.6) is 0 Å². The number of hydrogen-bond acceptors (Lipinski definition) is 3. The molecule has 2 aromatic rings. The van der Waals surface area contributed by atoms with Crippen molar-refractivity contribution < 1.29 is 4.79 Å². The van der Waals surface area contributed by atoms with E-state index in [0.29, 0.717) is 5.02 Å². The average Bonchev–Trinajstić information content (AvgIpc) is 2.47. The van der Waals surface area contributed by atoms with E-state index in [0.717, 1.165) is 10.1 Å². The number of hydrogen-bond donors (Lipinski definition) is 1. The van der Waals surface area contributed by atoms with Crippen LogP contribution in [0.15, 0.2) is 46.1 Å². The van der Waals surface area contributed by atoms with Gasteiger partial charge in [0.1, 0.15) is 6.54 Å². The van der Waals surface area contributed by atoms with Crippen LogP contribution in [0.25, 0.3) is 0 Å². The zero-order valence-corrected chi connectivity index (χ0v) is 12.1. The van der Waals surface area contributed by atoms with Crippen molar-refractivity contribution in [2.75, 3.05) is 0 Å². The Hall–Kier alpha value is -2.34. The fourth-order valence-electron chi connectivity index (χ4n) is 1.78. The summed E-state index contributed by atoms with van der Waals surface area (Å²) < 4.78 is 2.12. The quantitative estimate of drug-likeness (QED) is 0.895. The molecule has 1 N–H and O–H groups in total. The largest absolute Gasteiger partial charge is 0.350 e. The van der Waals surface area contributed by atoms with Gasteiger partial charge >= 0.3 is 5.69 Å². The van der Waals surface area contributed by atoms with Gasteiger partial charge in [0.25, 0.3) is 5.56 Å². The number of carbonyl (C=O) groups is 1. The molecule has 0 bridgehead atoms. The molecule has 0 aliphatic carbocycles. The van der Waals surface area contributed by atoms with Gasteiger partial charge in [0.2, 0.25) is 5.91 Å². The first-order valence-electron chi connectivity index (χ1n) is 6.25. The first-order chi connectivity index (χ1) is 9.99. The number of amides is 1. The summed E-state index contributed by atoms with van der Waals surface area (Å²) in [5, 5.41) is 3.25. The number of benzene rings is 1. The van der Waals surface area contributed by atoms with E-state index in [2.05, 4.69) is 5.32 Å². The Morgan fingerprint density at radius 2 is 1.95 bits per heavy atom. The summed E-state index contributed by atoms with van der Waals surface area (Å²) in [6.07, 6.45) is 1.31. The number of halogens is 1. The molecule has 0 aliphatic heterocycles. The molecule has 0 spiro atoms. The molecule has 2 rings (SSSR count). The fraction of sp³-hybridized carbons (Fsp3) is 0.214. The lowest BCUT2D eigenvalue weighted by Crippen LogP contribution is -2.40. The highest BCUT2D eigenvalue weighted by molar-refractivity contribution is 6.31. The Morgan fingerprint density at radius 1 is 1.24 bits per heavy atom. The number of aromatic nitrogens is 2. The standard InChI is InChI=1S/C14H14ClN3O3/c1-17-13(20)6-7-18(14(17)21)9-12(19)16-8-10-4-2-3-5-11(10)15/h2-7H,8-9H2,1H3,(H,16,19). The van der Waals surface area contributed by atoms with Crippen molar-refractivity contribution >= 4 is 17.5 Å². The summed E-state index contributed by atoms with van der Waals surface area (Å²) >= 11 is 5.99. The molecule has 21 heavy (non-hydrogen) atoms. The first-order valence-corrected chi connectivity index (χ1v) is 6.63. The van der Waals surface area contributed by atoms with E-state index in [1.54, 1.807) is 18.2 Å². The zero-order chi connectivity index (χ0) is 15.4. The second kappa shape index (κ2) is 6.41. The minimum Gasteiger partial charge on any atom is -0.350 e. The molecule has 1 aromatic carbocycles. The molecule has 0 unspecified atom stereocenters. The third kappa shape index (κ3) is 3.61. The van der Waals surface area contributed by atoms with Gasteiger partial charge in [-0.15, -0.1) is 0 Å². The van der Waals surface area contributed by atoms with E-state index in [4.69, 9.17) is 11.6 Å². The van der Waals surface area contributed by atoms with E-state index in [1.165, 1.54) is 23.9 Å². The smallest absolute Gasteiger partial charge is 0.331 e. The molecule has 0 saturated heterocycles. The van der Waals surface area contributed by atoms with E-state index in [-0.39, 0.29) is 19.0 Å². The third-order valence-electron chi connectivity index (χ3n) is 3.01. The van der Waals surface area contributed by atoms with Crippen LogP contribution in [-0.4, -0.2) is 15.0 Å². The lowest BCUT2D eigenvalue weighted by Gasteiger charge is -2.09. The van der Waals surface area contributed by atoms with E-state index < -0.39 is 11.2 Å². The summed E-state index contributed by atoms with van der Waals surface area (Å²) in [4.78, 5) is 34.9. The van der Waals surface area contributed by atoms with Crippen LogP contribution in [0.3, 0.4) is 0 Å². The summed E-state index contributed by atoms with van der Waals surface area (Å²) in [6.45, 7) is 0.121. The Labute approximate surface area is 125 Å². The summed E-state index contributed by atoms with van der Waals surface area (Å²) in [6, 6.07) is 8.41. The summed E-state index contributed by atoms with van der Waals surface area (Å²) in [7, 11) is 1.36. The van der Waals surface area contributed by atoms with Gasteiger partial charge in [0.15, 0.2) is 0 Å². The lowest BCUT2D eigenvalue weighted by molar-refractivity contribution is -0.121. The Morgan fingerprint density at radius 3 is 2.67 bits per heavy atom. The van der Waals surface area contributed by atoms with Crippen LogP contribution in [0, 0.1) is 0 Å². The molecule has 1 aromatic heterocycles. The number of rotatable bonds is 4. The molecule has 0 fully saturated rings. The summed E-state index contributed by atoms with van der Waals surface area (Å²) in [5.74, 6) is -0.337. The van der Waals surface area contributed by atoms with Gasteiger partial charge in [-0.05, 0) is 11.6 Å². The topological polar surface area (TPSA) is 73.1 Å². The summed E-state index contributed by atoms with van der Waals surface area (Å²) in [5.41, 5.74) is -0.150. The highest BCUT2D eigenvalue weighted by Gasteiger charge is 2.07. The highest BCUT2D eigenvalue weighted by atomic mass is 35.5. The highest BCUT2D eigenvalue weighted by Crippen LogP contribution is 2.14. The predicted octanol–water partition coefficient (Wildman–Crippen LogP) is 0.517. The first kappa shape index (κ1) is 15.1. The maximum atomic E-state index is 11.8. The maximum absolute atomic E-state index is 11.8. The Bertz CT molecular complexity index is 780. The Kier molecular flexibility index (Phi) is 4.59. The maximum Gasteiger partial charge on any atom is 0.331 e. The van der Waals surface area contributed by atoms with Crippen LogP contribution in [0.2, 0.25) is 5.02 Å². The molecular formula is C14H14ClN3O3. The third-order valence-corrected chi connectivity index (χ3v) is 3.38. The molecule has 6 nitrogen and oxygen atoms in total. The van der Waals surface area contributed by atoms with Crippen molar-refractivity contribution in [2.45, 2.75) is 13.1 Å². The van der Waals surface area contributed by atoms with E-state index in [1.807, 2.05) is 6.07 Å². The molecule has 1 amide bonds. The fourth-order valence-corrected chi connectivity index (χ4v) is 1.99. The minimum atomic E-state index is -0.532. The molecular weight excluding hydrogens is 294 g/mol. The van der Waals surface area contributed by atoms with Gasteiger partial charge in [0, 0.05) is 30.9 Å². The normalized spacial score (nSPS) is 10.4. The Balaban J connectivity index is 2.03. The predicted molar refractivity (Wildman–Crippen MR) is 79.2 cm³/mol. The van der Waals surface area contributed by atoms with Crippen molar-refractivity contribution in [2.24, 2.45) is 7.05 Å². The van der Waals surface area contributed by atoms with Crippen LogP contribution in [-0.2, 0) is 24.9 Å². The van der Waals surface area contributed by atoms with E-state index >= 15 is 0 Å². The molecule has 0 radical (unpaired) electrons. The van der Waals surface area contributed by atoms with Gasteiger partial charge in [-0.3, -0.25) is 18.7 Å². The zero-order valence-electron chi connectivity index (χ0n) is 11.4. The van der Waals surface area contributed by atoms with Crippen molar-refractivity contribution in [1.82, 2.24) is 14.5 Å². The monoisotopic (exact) mass is 307 g/mol. The number of nitrogens with one attached hydrogen (secondary N) is 1. The van der Waals surface area contributed by atoms with Crippen molar-refractivity contribution in [3.63, 3.8) is 0 Å².